The normalized spacial score (nSPS) is 12.7. The van der Waals surface area contributed by atoms with Crippen LogP contribution in [-0.2, 0) is 13.3 Å². The van der Waals surface area contributed by atoms with Crippen molar-refractivity contribution in [3.63, 3.8) is 0 Å². The van der Waals surface area contributed by atoms with Gasteiger partial charge in [-0.05, 0) is 95.9 Å². The molecule has 2 unspecified atom stereocenters. The minimum atomic E-state index is -0.399. The molecule has 0 saturated heterocycles. The first-order chi connectivity index (χ1) is 25.7. The summed E-state index contributed by atoms with van der Waals surface area (Å²) < 4.78 is 0. The molecule has 0 radical (unpaired) electrons. The van der Waals surface area contributed by atoms with Crippen LogP contribution in [0, 0.1) is 0 Å². The molecule has 0 saturated carbocycles. The monoisotopic (exact) mass is 696 g/mol. The fraction of sp³-hybridized carbons (Fsp3) is 0.0400. The van der Waals surface area contributed by atoms with E-state index in [9.17, 15) is 0 Å². The molecule has 0 N–H and O–H groups in total. The first-order valence-electron chi connectivity index (χ1n) is 18.1. The summed E-state index contributed by atoms with van der Waals surface area (Å²) >= 11 is 0. The highest BCUT2D eigenvalue weighted by molar-refractivity contribution is 7.60. The Hall–Kier alpha value is -5.64. The van der Waals surface area contributed by atoms with Gasteiger partial charge in [0.2, 0.25) is 0 Å². The Balaban J connectivity index is 1.33. The lowest BCUT2D eigenvalue weighted by Gasteiger charge is -2.19. The van der Waals surface area contributed by atoms with E-state index in [1.807, 2.05) is 0 Å². The van der Waals surface area contributed by atoms with Gasteiger partial charge in [0, 0.05) is 31.2 Å². The highest BCUT2D eigenvalue weighted by atomic mass is 31.1. The molecule has 52 heavy (non-hydrogen) atoms. The molecular formula is C50H34P2. The molecule has 0 spiro atoms. The van der Waals surface area contributed by atoms with Gasteiger partial charge in [-0.15, -0.1) is 15.1 Å². The zero-order chi connectivity index (χ0) is 34.5. The lowest BCUT2D eigenvalue weighted by atomic mass is 9.84. The van der Waals surface area contributed by atoms with E-state index >= 15 is 0 Å². The quantitative estimate of drug-likeness (QED) is 0.161. The highest BCUT2D eigenvalue weighted by Gasteiger charge is 2.21. The maximum absolute atomic E-state index is 2.52. The van der Waals surface area contributed by atoms with Crippen LogP contribution >= 0.6 is 15.1 Å². The van der Waals surface area contributed by atoms with E-state index in [2.05, 4.69) is 183 Å². The first kappa shape index (κ1) is 30.0. The molecule has 0 aliphatic heterocycles. The predicted molar refractivity (Wildman–Crippen MR) is 233 cm³/mol. The molecule has 0 amide bonds. The van der Waals surface area contributed by atoms with Crippen LogP contribution in [0.4, 0.5) is 0 Å². The van der Waals surface area contributed by atoms with Crippen LogP contribution in [0.25, 0.3) is 108 Å². The molecule has 0 nitrogen and oxygen atoms in total. The van der Waals surface area contributed by atoms with Crippen molar-refractivity contribution in [3.8, 4) is 33.4 Å². The van der Waals surface area contributed by atoms with Gasteiger partial charge in [-0.3, -0.25) is 0 Å². The van der Waals surface area contributed by atoms with Gasteiger partial charge < -0.3 is 0 Å². The molecule has 0 aliphatic carbocycles. The van der Waals surface area contributed by atoms with E-state index < -0.39 is 15.1 Å². The summed E-state index contributed by atoms with van der Waals surface area (Å²) in [5.74, 6) is 0. The maximum Gasteiger partial charge on any atom is 0.00274 e. The molecular weight excluding hydrogens is 662 g/mol. The molecule has 0 aliphatic rings. The van der Waals surface area contributed by atoms with E-state index in [0.29, 0.717) is 0 Å². The Morgan fingerprint density at radius 1 is 0.288 bits per heavy atom. The van der Waals surface area contributed by atoms with Crippen molar-refractivity contribution < 1.29 is 0 Å². The van der Waals surface area contributed by atoms with Gasteiger partial charge in [-0.25, -0.2) is 0 Å². The summed E-state index contributed by atoms with van der Waals surface area (Å²) in [7, 11) is -0.798. The topological polar surface area (TPSA) is 0 Å². The average molecular weight is 697 g/mol. The third kappa shape index (κ3) is 4.17. The van der Waals surface area contributed by atoms with Gasteiger partial charge in [-0.1, -0.05) is 164 Å². The number of hydrogen-bond donors (Lipinski definition) is 0. The van der Waals surface area contributed by atoms with Crippen molar-refractivity contribution in [2.24, 2.45) is 13.3 Å². The van der Waals surface area contributed by atoms with Crippen molar-refractivity contribution in [1.29, 1.82) is 0 Å². The molecule has 11 aromatic rings. The average Bonchev–Trinajstić information content (AvgIpc) is 3.67. The highest BCUT2D eigenvalue weighted by Crippen LogP contribution is 2.53. The molecule has 2 heterocycles. The summed E-state index contributed by atoms with van der Waals surface area (Å²) in [6, 6.07) is 64.3. The van der Waals surface area contributed by atoms with Gasteiger partial charge in [0.15, 0.2) is 0 Å². The van der Waals surface area contributed by atoms with Gasteiger partial charge in [0.05, 0.1) is 0 Å². The summed E-state index contributed by atoms with van der Waals surface area (Å²) in [6.45, 7) is 4.84. The Morgan fingerprint density at radius 2 is 0.673 bits per heavy atom. The molecule has 9 aromatic carbocycles. The maximum atomic E-state index is 2.52. The van der Waals surface area contributed by atoms with Crippen LogP contribution in [0.5, 0.6) is 0 Å². The lowest BCUT2D eigenvalue weighted by molar-refractivity contribution is 1.68. The van der Waals surface area contributed by atoms with Crippen molar-refractivity contribution in [3.05, 3.63) is 170 Å². The van der Waals surface area contributed by atoms with E-state index in [4.69, 9.17) is 0 Å². The summed E-state index contributed by atoms with van der Waals surface area (Å²) in [4.78, 5) is 0. The molecule has 244 valence electrons. The van der Waals surface area contributed by atoms with Crippen LogP contribution in [0.2, 0.25) is 0 Å². The van der Waals surface area contributed by atoms with E-state index in [0.717, 1.165) is 0 Å². The largest absolute Gasteiger partial charge is 0.112 e. The minimum absolute atomic E-state index is 0.399. The second-order valence-corrected chi connectivity index (χ2v) is 18.3. The van der Waals surface area contributed by atoms with E-state index in [1.165, 1.54) is 108 Å². The summed E-state index contributed by atoms with van der Waals surface area (Å²) in [6.07, 6.45) is 0. The van der Waals surface area contributed by atoms with Crippen LogP contribution < -0.4 is 0 Å². The Kier molecular flexibility index (Phi) is 6.60. The molecule has 2 atom stereocenters. The summed E-state index contributed by atoms with van der Waals surface area (Å²) in [5.41, 5.74) is 7.85. The molecule has 11 rings (SSSR count). The second-order valence-electron chi connectivity index (χ2n) is 14.1. The fourth-order valence-electron chi connectivity index (χ4n) is 9.24. The van der Waals surface area contributed by atoms with Gasteiger partial charge in [-0.2, -0.15) is 0 Å². The molecule has 0 bridgehead atoms. The second kappa shape index (κ2) is 11.4. The van der Waals surface area contributed by atoms with Gasteiger partial charge in [0.1, 0.15) is 0 Å². The zero-order valence-corrected chi connectivity index (χ0v) is 30.8. The third-order valence-corrected chi connectivity index (χ3v) is 16.0. The van der Waals surface area contributed by atoms with Crippen molar-refractivity contribution in [2.75, 3.05) is 0 Å². The zero-order valence-electron chi connectivity index (χ0n) is 29.1. The van der Waals surface area contributed by atoms with Crippen LogP contribution in [-0.4, -0.2) is 0 Å². The number of benzene rings is 9. The smallest absolute Gasteiger partial charge is 0.00274 e. The fourth-order valence-corrected chi connectivity index (χ4v) is 13.2. The van der Waals surface area contributed by atoms with Crippen LogP contribution in [0.1, 0.15) is 0 Å². The Labute approximate surface area is 304 Å². The standard InChI is InChI=1S/C50H34P2/c1-51-44-26-7-5-17-40(44)49-36(24-12-28-46(49)51)33-19-10-22-38-42(33)30-43-34(37-25-13-29-47-50(37)41-18-6-8-27-45(41)52(47)2)20-11-23-39(43)48(38)35-21-9-15-31-14-3-4-16-32(31)35/h3-30H,1-2H3. The molecule has 0 fully saturated rings. The molecule has 2 aromatic heterocycles. The van der Waals surface area contributed by atoms with Crippen molar-refractivity contribution in [1.82, 2.24) is 0 Å². The van der Waals surface area contributed by atoms with Crippen molar-refractivity contribution >= 4 is 89.4 Å². The SMILES string of the molecule is Cp1c2ccccc2c2c(-c3cccc4c(-c5cccc6ccccc56)c5cccc(-c6cccc7c6c6ccccc6p7C)c5cc34)cccc21. The lowest BCUT2D eigenvalue weighted by Crippen LogP contribution is -1.92. The molecule has 2 heteroatoms. The number of fused-ring (bicyclic) bond motifs is 9. The minimum Gasteiger partial charge on any atom is -0.112 e. The third-order valence-electron chi connectivity index (χ3n) is 11.6. The predicted octanol–water partition coefficient (Wildman–Crippen LogP) is 15.8. The number of rotatable bonds is 3. The number of aryl methyl sites for hydroxylation is 2. The summed E-state index contributed by atoms with van der Waals surface area (Å²) in [5, 5.41) is 19.3. The first-order valence-corrected chi connectivity index (χ1v) is 21.6. The van der Waals surface area contributed by atoms with E-state index in [1.54, 1.807) is 0 Å². The number of hydrogen-bond acceptors (Lipinski definition) is 0. The van der Waals surface area contributed by atoms with E-state index in [-0.39, 0.29) is 0 Å². The van der Waals surface area contributed by atoms with Gasteiger partial charge >= 0.3 is 0 Å². The Bertz CT molecular complexity index is 3080. The Morgan fingerprint density at radius 3 is 1.25 bits per heavy atom. The van der Waals surface area contributed by atoms with Crippen LogP contribution in [0.15, 0.2) is 170 Å². The van der Waals surface area contributed by atoms with Gasteiger partial charge in [0.25, 0.3) is 0 Å². The van der Waals surface area contributed by atoms with Crippen LogP contribution in [0.3, 0.4) is 0 Å². The van der Waals surface area contributed by atoms with Crippen molar-refractivity contribution in [2.45, 2.75) is 0 Å².